The predicted molar refractivity (Wildman–Crippen MR) is 107 cm³/mol. The normalized spacial score (nSPS) is 10.4. The summed E-state index contributed by atoms with van der Waals surface area (Å²) in [5.74, 6) is 0.0291. The first-order chi connectivity index (χ1) is 13.6. The van der Waals surface area contributed by atoms with Crippen molar-refractivity contribution < 1.29 is 14.3 Å². The van der Waals surface area contributed by atoms with Crippen molar-refractivity contribution in [3.8, 4) is 11.4 Å². The van der Waals surface area contributed by atoms with E-state index in [2.05, 4.69) is 10.9 Å². The quantitative estimate of drug-likeness (QED) is 0.647. The Hall–Kier alpha value is -3.54. The third kappa shape index (κ3) is 4.59. The highest BCUT2D eigenvalue weighted by Gasteiger charge is 2.17. The Morgan fingerprint density at radius 2 is 1.57 bits per heavy atom. The zero-order valence-corrected chi connectivity index (χ0v) is 15.9. The van der Waals surface area contributed by atoms with Gasteiger partial charge in [0.15, 0.2) is 0 Å². The molecule has 0 atom stereocenters. The number of aromatic nitrogens is 1. The van der Waals surface area contributed by atoms with Gasteiger partial charge in [-0.25, -0.2) is 0 Å². The molecule has 0 radical (unpaired) electrons. The second-order valence-electron chi connectivity index (χ2n) is 6.37. The fourth-order valence-electron chi connectivity index (χ4n) is 3.00. The molecule has 0 fully saturated rings. The summed E-state index contributed by atoms with van der Waals surface area (Å²) < 4.78 is 7.48. The number of rotatable bonds is 6. The topological polar surface area (TPSA) is 72.4 Å². The SMILES string of the molecule is Cc1cc(C(=O)NNC(=O)CCOc2ccccc2)c(C)n1-c1ccccc1. The van der Waals surface area contributed by atoms with E-state index in [1.54, 1.807) is 0 Å². The lowest BCUT2D eigenvalue weighted by atomic mass is 10.2. The summed E-state index contributed by atoms with van der Waals surface area (Å²) in [4.78, 5) is 24.4. The van der Waals surface area contributed by atoms with Gasteiger partial charge in [-0.1, -0.05) is 36.4 Å². The molecule has 0 aliphatic carbocycles. The van der Waals surface area contributed by atoms with Gasteiger partial charge in [0, 0.05) is 17.1 Å². The van der Waals surface area contributed by atoms with Crippen molar-refractivity contribution in [3.05, 3.63) is 83.7 Å². The fourth-order valence-corrected chi connectivity index (χ4v) is 3.00. The van der Waals surface area contributed by atoms with E-state index in [-0.39, 0.29) is 24.8 Å². The molecule has 28 heavy (non-hydrogen) atoms. The summed E-state index contributed by atoms with van der Waals surface area (Å²) in [6.45, 7) is 4.05. The average Bonchev–Trinajstić information content (AvgIpc) is 3.02. The number of ether oxygens (including phenoxy) is 1. The van der Waals surface area contributed by atoms with Gasteiger partial charge in [-0.05, 0) is 44.2 Å². The molecule has 0 saturated carbocycles. The second-order valence-corrected chi connectivity index (χ2v) is 6.37. The van der Waals surface area contributed by atoms with Crippen LogP contribution in [0.4, 0.5) is 0 Å². The van der Waals surface area contributed by atoms with Gasteiger partial charge < -0.3 is 9.30 Å². The molecule has 144 valence electrons. The van der Waals surface area contributed by atoms with Crippen LogP contribution in [0.1, 0.15) is 28.2 Å². The lowest BCUT2D eigenvalue weighted by molar-refractivity contribution is -0.122. The Labute approximate surface area is 164 Å². The zero-order valence-electron chi connectivity index (χ0n) is 15.9. The first-order valence-corrected chi connectivity index (χ1v) is 9.07. The van der Waals surface area contributed by atoms with Crippen molar-refractivity contribution in [1.82, 2.24) is 15.4 Å². The van der Waals surface area contributed by atoms with Crippen LogP contribution in [0.5, 0.6) is 5.75 Å². The van der Waals surface area contributed by atoms with Gasteiger partial charge >= 0.3 is 0 Å². The Kier molecular flexibility index (Phi) is 6.11. The lowest BCUT2D eigenvalue weighted by Crippen LogP contribution is -2.42. The van der Waals surface area contributed by atoms with Gasteiger partial charge in [0.25, 0.3) is 5.91 Å². The van der Waals surface area contributed by atoms with Gasteiger partial charge in [-0.3, -0.25) is 20.4 Å². The van der Waals surface area contributed by atoms with Gasteiger partial charge in [-0.2, -0.15) is 0 Å². The number of benzene rings is 2. The molecule has 0 bridgehead atoms. The summed E-state index contributed by atoms with van der Waals surface area (Å²) in [5.41, 5.74) is 8.16. The number of para-hydroxylation sites is 2. The number of aryl methyl sites for hydroxylation is 1. The molecule has 3 aromatic rings. The number of carbonyl (C=O) groups excluding carboxylic acids is 2. The molecule has 2 N–H and O–H groups in total. The largest absolute Gasteiger partial charge is 0.493 e. The smallest absolute Gasteiger partial charge is 0.271 e. The molecule has 2 aromatic carbocycles. The monoisotopic (exact) mass is 377 g/mol. The highest BCUT2D eigenvalue weighted by atomic mass is 16.5. The number of hydrogen-bond donors (Lipinski definition) is 2. The Bertz CT molecular complexity index is 950. The third-order valence-corrected chi connectivity index (χ3v) is 4.35. The van der Waals surface area contributed by atoms with Crippen molar-refractivity contribution >= 4 is 11.8 Å². The number of hydrogen-bond acceptors (Lipinski definition) is 3. The van der Waals surface area contributed by atoms with Crippen LogP contribution in [-0.2, 0) is 4.79 Å². The first kappa shape index (κ1) is 19.2. The van der Waals surface area contributed by atoms with E-state index in [0.29, 0.717) is 11.3 Å². The summed E-state index contributed by atoms with van der Waals surface area (Å²) >= 11 is 0. The fraction of sp³-hybridized carbons (Fsp3) is 0.182. The number of amides is 2. The maximum atomic E-state index is 12.5. The molecule has 0 spiro atoms. The number of carbonyl (C=O) groups is 2. The van der Waals surface area contributed by atoms with E-state index in [1.807, 2.05) is 85.1 Å². The highest BCUT2D eigenvalue weighted by molar-refractivity contribution is 5.97. The van der Waals surface area contributed by atoms with Crippen LogP contribution >= 0.6 is 0 Å². The molecule has 3 rings (SSSR count). The van der Waals surface area contributed by atoms with Crippen LogP contribution < -0.4 is 15.6 Å². The molecular weight excluding hydrogens is 354 g/mol. The standard InChI is InChI=1S/C22H23N3O3/c1-16-15-20(17(2)25(16)18-9-5-3-6-10-18)22(27)24-23-21(26)13-14-28-19-11-7-4-8-12-19/h3-12,15H,13-14H2,1-2H3,(H,23,26)(H,24,27). The molecule has 0 aliphatic heterocycles. The van der Waals surface area contributed by atoms with Gasteiger partial charge in [0.2, 0.25) is 5.91 Å². The van der Waals surface area contributed by atoms with Gasteiger partial charge in [-0.15, -0.1) is 0 Å². The van der Waals surface area contributed by atoms with E-state index < -0.39 is 0 Å². The average molecular weight is 377 g/mol. The molecule has 0 aliphatic rings. The maximum absolute atomic E-state index is 12.5. The minimum absolute atomic E-state index is 0.137. The number of nitrogens with one attached hydrogen (secondary N) is 2. The first-order valence-electron chi connectivity index (χ1n) is 9.07. The van der Waals surface area contributed by atoms with Crippen LogP contribution in [-0.4, -0.2) is 23.0 Å². The molecule has 1 aromatic heterocycles. The minimum Gasteiger partial charge on any atom is -0.493 e. The zero-order chi connectivity index (χ0) is 19.9. The van der Waals surface area contributed by atoms with E-state index in [4.69, 9.17) is 4.74 Å². The maximum Gasteiger partial charge on any atom is 0.271 e. The number of nitrogens with zero attached hydrogens (tertiary/aromatic N) is 1. The Morgan fingerprint density at radius 1 is 0.929 bits per heavy atom. The van der Waals surface area contributed by atoms with Gasteiger partial charge in [0.05, 0.1) is 18.6 Å². The molecule has 1 heterocycles. The summed E-state index contributed by atoms with van der Waals surface area (Å²) in [7, 11) is 0. The molecule has 0 saturated heterocycles. The number of hydrazine groups is 1. The molecule has 0 unspecified atom stereocenters. The summed E-state index contributed by atoms with van der Waals surface area (Å²) in [6, 6.07) is 20.9. The summed E-state index contributed by atoms with van der Waals surface area (Å²) in [5, 5.41) is 0. The van der Waals surface area contributed by atoms with Crippen molar-refractivity contribution in [3.63, 3.8) is 0 Å². The minimum atomic E-state index is -0.354. The molecular formula is C22H23N3O3. The highest BCUT2D eigenvalue weighted by Crippen LogP contribution is 2.20. The third-order valence-electron chi connectivity index (χ3n) is 4.35. The van der Waals surface area contributed by atoms with Crippen LogP contribution in [0.2, 0.25) is 0 Å². The Balaban J connectivity index is 1.54. The van der Waals surface area contributed by atoms with Crippen LogP contribution in [0, 0.1) is 13.8 Å². The summed E-state index contributed by atoms with van der Waals surface area (Å²) in [6.07, 6.45) is 0.137. The molecule has 2 amide bonds. The Morgan fingerprint density at radius 3 is 2.25 bits per heavy atom. The van der Waals surface area contributed by atoms with E-state index >= 15 is 0 Å². The van der Waals surface area contributed by atoms with Crippen LogP contribution in [0.25, 0.3) is 5.69 Å². The van der Waals surface area contributed by atoms with Gasteiger partial charge in [0.1, 0.15) is 5.75 Å². The van der Waals surface area contributed by atoms with E-state index in [0.717, 1.165) is 17.1 Å². The lowest BCUT2D eigenvalue weighted by Gasteiger charge is -2.10. The molecule has 6 nitrogen and oxygen atoms in total. The van der Waals surface area contributed by atoms with Crippen LogP contribution in [0.15, 0.2) is 66.7 Å². The second kappa shape index (κ2) is 8.90. The van der Waals surface area contributed by atoms with Crippen molar-refractivity contribution in [2.75, 3.05) is 6.61 Å². The van der Waals surface area contributed by atoms with Crippen molar-refractivity contribution in [2.24, 2.45) is 0 Å². The van der Waals surface area contributed by atoms with Crippen molar-refractivity contribution in [2.45, 2.75) is 20.3 Å². The van der Waals surface area contributed by atoms with E-state index in [9.17, 15) is 9.59 Å². The predicted octanol–water partition coefficient (Wildman–Crippen LogP) is 3.32. The van der Waals surface area contributed by atoms with Crippen LogP contribution in [0.3, 0.4) is 0 Å². The molecule has 6 heteroatoms. The van der Waals surface area contributed by atoms with Crippen molar-refractivity contribution in [1.29, 1.82) is 0 Å². The van der Waals surface area contributed by atoms with E-state index in [1.165, 1.54) is 0 Å².